The maximum Gasteiger partial charge on any atom is 0.573 e. The zero-order chi connectivity index (χ0) is 14.5. The molecule has 106 valence electrons. The molecular formula is C12H13F3O4. The van der Waals surface area contributed by atoms with Gasteiger partial charge in [-0.25, -0.2) is 0 Å². The minimum atomic E-state index is -4.77. The lowest BCUT2D eigenvalue weighted by Gasteiger charge is -2.12. The fourth-order valence-electron chi connectivity index (χ4n) is 1.44. The Hall–Kier alpha value is -1.92. The summed E-state index contributed by atoms with van der Waals surface area (Å²) in [5, 5.41) is 0. The number of carbonyl (C=O) groups is 1. The van der Waals surface area contributed by atoms with Crippen LogP contribution >= 0.6 is 0 Å². The summed E-state index contributed by atoms with van der Waals surface area (Å²) >= 11 is 0. The highest BCUT2D eigenvalue weighted by Gasteiger charge is 2.31. The van der Waals surface area contributed by atoms with E-state index in [-0.39, 0.29) is 18.8 Å². The molecule has 0 aliphatic rings. The molecule has 0 spiro atoms. The molecule has 4 nitrogen and oxygen atoms in total. The Balaban J connectivity index is 2.87. The van der Waals surface area contributed by atoms with Gasteiger partial charge >= 0.3 is 12.3 Å². The average Bonchev–Trinajstić information content (AvgIpc) is 2.29. The molecule has 0 heterocycles. The number of benzene rings is 1. The average molecular weight is 278 g/mol. The molecule has 0 unspecified atom stereocenters. The van der Waals surface area contributed by atoms with Gasteiger partial charge in [0, 0.05) is 11.6 Å². The molecule has 1 aromatic carbocycles. The second-order valence-electron chi connectivity index (χ2n) is 3.50. The Morgan fingerprint density at radius 1 is 1.32 bits per heavy atom. The molecule has 0 saturated heterocycles. The van der Waals surface area contributed by atoms with Crippen molar-refractivity contribution in [3.8, 4) is 11.5 Å². The molecule has 1 rings (SSSR count). The summed E-state index contributed by atoms with van der Waals surface area (Å²) in [6.07, 6.45) is -4.85. The summed E-state index contributed by atoms with van der Waals surface area (Å²) in [4.78, 5) is 11.3. The molecule has 0 aliphatic carbocycles. The molecule has 0 amide bonds. The van der Waals surface area contributed by atoms with Crippen molar-refractivity contribution in [1.82, 2.24) is 0 Å². The summed E-state index contributed by atoms with van der Waals surface area (Å²) < 4.78 is 49.6. The third kappa shape index (κ3) is 5.07. The highest BCUT2D eigenvalue weighted by Crippen LogP contribution is 2.29. The van der Waals surface area contributed by atoms with E-state index in [1.165, 1.54) is 13.2 Å². The highest BCUT2D eigenvalue weighted by atomic mass is 19.4. The lowest BCUT2D eigenvalue weighted by atomic mass is 10.1. The van der Waals surface area contributed by atoms with Gasteiger partial charge in [0.1, 0.15) is 11.5 Å². The number of alkyl halides is 3. The van der Waals surface area contributed by atoms with Crippen LogP contribution in [0, 0.1) is 0 Å². The fourth-order valence-corrected chi connectivity index (χ4v) is 1.44. The maximum absolute atomic E-state index is 12.1. The van der Waals surface area contributed by atoms with Crippen LogP contribution in [0.4, 0.5) is 13.2 Å². The quantitative estimate of drug-likeness (QED) is 0.777. The maximum atomic E-state index is 12.1. The van der Waals surface area contributed by atoms with Crippen LogP contribution in [0.15, 0.2) is 18.2 Å². The molecule has 0 aliphatic heterocycles. The van der Waals surface area contributed by atoms with Gasteiger partial charge in [-0.3, -0.25) is 4.79 Å². The topological polar surface area (TPSA) is 44.8 Å². The van der Waals surface area contributed by atoms with E-state index in [2.05, 4.69) is 4.74 Å². The first-order chi connectivity index (χ1) is 8.85. The third-order valence-electron chi connectivity index (χ3n) is 2.13. The van der Waals surface area contributed by atoms with Crippen molar-refractivity contribution < 1.29 is 32.2 Å². The van der Waals surface area contributed by atoms with Crippen molar-refractivity contribution in [1.29, 1.82) is 0 Å². The van der Waals surface area contributed by atoms with Crippen LogP contribution in [0.2, 0.25) is 0 Å². The highest BCUT2D eigenvalue weighted by molar-refractivity contribution is 5.73. The van der Waals surface area contributed by atoms with Crippen molar-refractivity contribution in [2.45, 2.75) is 19.7 Å². The van der Waals surface area contributed by atoms with E-state index in [4.69, 9.17) is 9.47 Å². The lowest BCUT2D eigenvalue weighted by Crippen LogP contribution is -2.17. The molecule has 0 aromatic heterocycles. The second kappa shape index (κ2) is 6.31. The zero-order valence-corrected chi connectivity index (χ0v) is 10.4. The van der Waals surface area contributed by atoms with Gasteiger partial charge in [-0.15, -0.1) is 13.2 Å². The fraction of sp³-hybridized carbons (Fsp3) is 0.417. The first-order valence-corrected chi connectivity index (χ1v) is 5.44. The van der Waals surface area contributed by atoms with Gasteiger partial charge in [-0.2, -0.15) is 0 Å². The molecule has 0 fully saturated rings. The lowest BCUT2D eigenvalue weighted by molar-refractivity contribution is -0.274. The van der Waals surface area contributed by atoms with Crippen molar-refractivity contribution >= 4 is 5.97 Å². The van der Waals surface area contributed by atoms with Gasteiger partial charge in [0.05, 0.1) is 20.1 Å². The Labute approximate surface area is 108 Å². The zero-order valence-electron chi connectivity index (χ0n) is 10.4. The smallest absolute Gasteiger partial charge is 0.496 e. The summed E-state index contributed by atoms with van der Waals surface area (Å²) in [6, 6.07) is 3.52. The summed E-state index contributed by atoms with van der Waals surface area (Å²) in [5.74, 6) is -0.753. The van der Waals surface area contributed by atoms with Crippen LogP contribution in [-0.4, -0.2) is 26.0 Å². The summed E-state index contributed by atoms with van der Waals surface area (Å²) in [6.45, 7) is 1.89. The van der Waals surface area contributed by atoms with E-state index in [9.17, 15) is 18.0 Å². The Morgan fingerprint density at radius 3 is 2.53 bits per heavy atom. The van der Waals surface area contributed by atoms with E-state index < -0.39 is 18.1 Å². The van der Waals surface area contributed by atoms with Gasteiger partial charge in [0.15, 0.2) is 0 Å². The van der Waals surface area contributed by atoms with Crippen molar-refractivity contribution in [2.75, 3.05) is 13.7 Å². The van der Waals surface area contributed by atoms with Crippen LogP contribution in [0.5, 0.6) is 11.5 Å². The summed E-state index contributed by atoms with van der Waals surface area (Å²) in [5.41, 5.74) is 0.426. The van der Waals surface area contributed by atoms with Gasteiger partial charge in [-0.1, -0.05) is 6.07 Å². The van der Waals surface area contributed by atoms with Gasteiger partial charge < -0.3 is 14.2 Å². The molecule has 0 saturated carbocycles. The Morgan fingerprint density at radius 2 is 2.00 bits per heavy atom. The number of halogens is 3. The van der Waals surface area contributed by atoms with E-state index in [0.717, 1.165) is 12.1 Å². The largest absolute Gasteiger partial charge is 0.573 e. The normalized spacial score (nSPS) is 11.0. The summed E-state index contributed by atoms with van der Waals surface area (Å²) in [7, 11) is 1.29. The van der Waals surface area contributed by atoms with E-state index in [0.29, 0.717) is 5.56 Å². The van der Waals surface area contributed by atoms with Gasteiger partial charge in [-0.05, 0) is 13.0 Å². The predicted molar refractivity (Wildman–Crippen MR) is 60.0 cm³/mol. The van der Waals surface area contributed by atoms with Crippen molar-refractivity contribution in [2.24, 2.45) is 0 Å². The molecule has 1 aromatic rings. The molecule has 19 heavy (non-hydrogen) atoms. The minimum Gasteiger partial charge on any atom is -0.496 e. The minimum absolute atomic E-state index is 0.0800. The SMILES string of the molecule is CCOC(=O)Cc1ccc(OC(F)(F)F)cc1OC. The molecule has 0 radical (unpaired) electrons. The van der Waals surface area contributed by atoms with Gasteiger partial charge in [0.2, 0.25) is 0 Å². The third-order valence-corrected chi connectivity index (χ3v) is 2.13. The van der Waals surface area contributed by atoms with Crippen molar-refractivity contribution in [3.05, 3.63) is 23.8 Å². The molecule has 0 atom stereocenters. The standard InChI is InChI=1S/C12H13F3O4/c1-3-18-11(16)6-8-4-5-9(7-10(8)17-2)19-12(13,14)15/h4-5,7H,3,6H2,1-2H3. The first kappa shape index (κ1) is 15.1. The first-order valence-electron chi connectivity index (χ1n) is 5.44. The molecule has 0 bridgehead atoms. The van der Waals surface area contributed by atoms with E-state index >= 15 is 0 Å². The van der Waals surface area contributed by atoms with Crippen LogP contribution in [0.1, 0.15) is 12.5 Å². The number of rotatable bonds is 5. The van der Waals surface area contributed by atoms with E-state index in [1.807, 2.05) is 0 Å². The number of hydrogen-bond acceptors (Lipinski definition) is 4. The molecular weight excluding hydrogens is 265 g/mol. The van der Waals surface area contributed by atoms with Crippen molar-refractivity contribution in [3.63, 3.8) is 0 Å². The van der Waals surface area contributed by atoms with Crippen LogP contribution in [0.3, 0.4) is 0 Å². The Kier molecular flexibility index (Phi) is 5.02. The number of methoxy groups -OCH3 is 1. The number of esters is 1. The number of carbonyl (C=O) groups excluding carboxylic acids is 1. The van der Waals surface area contributed by atoms with Gasteiger partial charge in [0.25, 0.3) is 0 Å². The van der Waals surface area contributed by atoms with E-state index in [1.54, 1.807) is 6.92 Å². The monoisotopic (exact) mass is 278 g/mol. The second-order valence-corrected chi connectivity index (χ2v) is 3.50. The number of hydrogen-bond donors (Lipinski definition) is 0. The molecule has 0 N–H and O–H groups in total. The number of ether oxygens (including phenoxy) is 3. The van der Waals surface area contributed by atoms with Crippen LogP contribution in [0.25, 0.3) is 0 Å². The Bertz CT molecular complexity index is 443. The molecule has 7 heteroatoms. The predicted octanol–water partition coefficient (Wildman–Crippen LogP) is 2.70. The van der Waals surface area contributed by atoms with Crippen LogP contribution in [-0.2, 0) is 16.0 Å². The van der Waals surface area contributed by atoms with Crippen LogP contribution < -0.4 is 9.47 Å².